The molecule has 29 heavy (non-hydrogen) atoms. The smallest absolute Gasteiger partial charge is 0.00257 e. The minimum absolute atomic E-state index is 0.672. The third-order valence-electron chi connectivity index (χ3n) is 7.35. The summed E-state index contributed by atoms with van der Waals surface area (Å²) in [5, 5.41) is 0. The van der Waals surface area contributed by atoms with Crippen molar-refractivity contribution in [3.8, 4) is 0 Å². The van der Waals surface area contributed by atoms with Gasteiger partial charge in [-0.2, -0.15) is 0 Å². The van der Waals surface area contributed by atoms with Crippen LogP contribution in [-0.2, 0) is 12.8 Å². The van der Waals surface area contributed by atoms with Crippen molar-refractivity contribution in [3.63, 3.8) is 0 Å². The standard InChI is InChI=1S/C29H42/c1-5-6-7-8-10-22(2)29-12-9-11-27(21-29)19-25-13-15-26(16-14-25)20-28-17-23(3)24(4)18-28/h9,11-16,21-24,28H,5-8,10,17-20H2,1-4H3/t22?,23-,24?,28?/m0/s1. The van der Waals surface area contributed by atoms with Crippen LogP contribution in [0.3, 0.4) is 0 Å². The molecule has 0 radical (unpaired) electrons. The molecule has 0 heterocycles. The highest BCUT2D eigenvalue weighted by Gasteiger charge is 2.27. The molecule has 4 atom stereocenters. The van der Waals surface area contributed by atoms with Gasteiger partial charge >= 0.3 is 0 Å². The van der Waals surface area contributed by atoms with Gasteiger partial charge in [-0.1, -0.05) is 102 Å². The first kappa shape index (κ1) is 22.1. The highest BCUT2D eigenvalue weighted by Crippen LogP contribution is 2.37. The van der Waals surface area contributed by atoms with Crippen LogP contribution in [0.5, 0.6) is 0 Å². The molecule has 0 amide bonds. The van der Waals surface area contributed by atoms with Crippen LogP contribution >= 0.6 is 0 Å². The Labute approximate surface area is 180 Å². The number of unbranched alkanes of at least 4 members (excludes halogenated alkanes) is 3. The average Bonchev–Trinajstić information content (AvgIpc) is 3.04. The van der Waals surface area contributed by atoms with Crippen LogP contribution in [0, 0.1) is 17.8 Å². The Hall–Kier alpha value is -1.56. The van der Waals surface area contributed by atoms with E-state index in [9.17, 15) is 0 Å². The van der Waals surface area contributed by atoms with Gasteiger partial charge in [0.05, 0.1) is 0 Å². The summed E-state index contributed by atoms with van der Waals surface area (Å²) >= 11 is 0. The van der Waals surface area contributed by atoms with Gasteiger partial charge in [0.25, 0.3) is 0 Å². The predicted molar refractivity (Wildman–Crippen MR) is 128 cm³/mol. The summed E-state index contributed by atoms with van der Waals surface area (Å²) in [5.74, 6) is 3.37. The zero-order valence-corrected chi connectivity index (χ0v) is 19.3. The second-order valence-electron chi connectivity index (χ2n) is 9.98. The van der Waals surface area contributed by atoms with E-state index in [2.05, 4.69) is 76.2 Å². The van der Waals surface area contributed by atoms with Crippen LogP contribution in [-0.4, -0.2) is 0 Å². The average molecular weight is 391 g/mol. The van der Waals surface area contributed by atoms with Crippen molar-refractivity contribution in [2.75, 3.05) is 0 Å². The molecular formula is C29H42. The maximum absolute atomic E-state index is 2.44. The molecule has 3 unspecified atom stereocenters. The van der Waals surface area contributed by atoms with Gasteiger partial charge in [0.15, 0.2) is 0 Å². The topological polar surface area (TPSA) is 0 Å². The van der Waals surface area contributed by atoms with Gasteiger partial charge in [-0.3, -0.25) is 0 Å². The fourth-order valence-corrected chi connectivity index (χ4v) is 5.19. The Morgan fingerprint density at radius 1 is 0.828 bits per heavy atom. The van der Waals surface area contributed by atoms with Crippen molar-refractivity contribution in [2.24, 2.45) is 17.8 Å². The molecule has 0 N–H and O–H groups in total. The predicted octanol–water partition coefficient (Wildman–Crippen LogP) is 8.58. The van der Waals surface area contributed by atoms with Gasteiger partial charge in [0.1, 0.15) is 0 Å². The van der Waals surface area contributed by atoms with Crippen LogP contribution in [0.2, 0.25) is 0 Å². The summed E-state index contributed by atoms with van der Waals surface area (Å²) in [5.41, 5.74) is 5.93. The van der Waals surface area contributed by atoms with Crippen molar-refractivity contribution < 1.29 is 0 Å². The molecule has 1 aliphatic carbocycles. The summed E-state index contributed by atoms with van der Waals surface area (Å²) in [6, 6.07) is 18.8. The second-order valence-corrected chi connectivity index (χ2v) is 9.98. The Morgan fingerprint density at radius 3 is 2.21 bits per heavy atom. The van der Waals surface area contributed by atoms with Gasteiger partial charge in [0.2, 0.25) is 0 Å². The number of benzene rings is 2. The molecule has 1 aliphatic rings. The molecule has 0 heteroatoms. The highest BCUT2D eigenvalue weighted by molar-refractivity contribution is 5.32. The summed E-state index contributed by atoms with van der Waals surface area (Å²) in [6.45, 7) is 9.53. The normalized spacial score (nSPS) is 22.7. The largest absolute Gasteiger partial charge is 0.0654 e. The van der Waals surface area contributed by atoms with Crippen molar-refractivity contribution >= 4 is 0 Å². The zero-order chi connectivity index (χ0) is 20.6. The first-order valence-corrected chi connectivity index (χ1v) is 12.2. The molecule has 0 bridgehead atoms. The van der Waals surface area contributed by atoms with Crippen molar-refractivity contribution in [1.82, 2.24) is 0 Å². The molecule has 0 nitrogen and oxygen atoms in total. The lowest BCUT2D eigenvalue weighted by Crippen LogP contribution is -2.00. The minimum Gasteiger partial charge on any atom is -0.0654 e. The third-order valence-corrected chi connectivity index (χ3v) is 7.35. The van der Waals surface area contributed by atoms with E-state index < -0.39 is 0 Å². The summed E-state index contributed by atoms with van der Waals surface area (Å²) in [4.78, 5) is 0. The van der Waals surface area contributed by atoms with Crippen molar-refractivity contribution in [2.45, 2.75) is 91.4 Å². The van der Waals surface area contributed by atoms with Crippen molar-refractivity contribution in [3.05, 3.63) is 70.8 Å². The van der Waals surface area contributed by atoms with E-state index in [0.29, 0.717) is 5.92 Å². The lowest BCUT2D eigenvalue weighted by Gasteiger charge is -2.14. The molecule has 0 aromatic heterocycles. The maximum atomic E-state index is 2.44. The molecule has 2 aromatic carbocycles. The van der Waals surface area contributed by atoms with Gasteiger partial charge < -0.3 is 0 Å². The Bertz CT molecular complexity index is 716. The fourth-order valence-electron chi connectivity index (χ4n) is 5.19. The maximum Gasteiger partial charge on any atom is -0.00257 e. The molecule has 1 saturated carbocycles. The van der Waals surface area contributed by atoms with E-state index >= 15 is 0 Å². The van der Waals surface area contributed by atoms with Gasteiger partial charge in [-0.15, -0.1) is 0 Å². The number of rotatable bonds is 10. The lowest BCUT2D eigenvalue weighted by molar-refractivity contribution is 0.457. The monoisotopic (exact) mass is 390 g/mol. The van der Waals surface area contributed by atoms with Crippen LogP contribution in [0.25, 0.3) is 0 Å². The minimum atomic E-state index is 0.672. The Kier molecular flexibility index (Phi) is 8.40. The third kappa shape index (κ3) is 6.73. The van der Waals surface area contributed by atoms with Gasteiger partial charge in [0, 0.05) is 0 Å². The molecule has 0 aliphatic heterocycles. The number of hydrogen-bond acceptors (Lipinski definition) is 0. The number of hydrogen-bond donors (Lipinski definition) is 0. The molecule has 158 valence electrons. The van der Waals surface area contributed by atoms with E-state index in [1.807, 2.05) is 0 Å². The summed E-state index contributed by atoms with van der Waals surface area (Å²) in [7, 11) is 0. The molecule has 1 fully saturated rings. The van der Waals surface area contributed by atoms with Crippen LogP contribution in [0.1, 0.15) is 101 Å². The quantitative estimate of drug-likeness (QED) is 0.356. The summed E-state index contributed by atoms with van der Waals surface area (Å²) < 4.78 is 0. The Morgan fingerprint density at radius 2 is 1.52 bits per heavy atom. The lowest BCUT2D eigenvalue weighted by atomic mass is 9.92. The van der Waals surface area contributed by atoms with Gasteiger partial charge in [-0.25, -0.2) is 0 Å². The SMILES string of the molecule is CCCCCCC(C)c1cccc(Cc2ccc(CC3CC(C)[C@@H](C)C3)cc2)c1. The fraction of sp³-hybridized carbons (Fsp3) is 0.586. The van der Waals surface area contributed by atoms with E-state index in [4.69, 9.17) is 0 Å². The molecule has 0 saturated heterocycles. The Balaban J connectivity index is 1.53. The van der Waals surface area contributed by atoms with Crippen LogP contribution in [0.15, 0.2) is 48.5 Å². The van der Waals surface area contributed by atoms with E-state index in [0.717, 1.165) is 24.2 Å². The second kappa shape index (κ2) is 11.0. The van der Waals surface area contributed by atoms with Crippen LogP contribution in [0.4, 0.5) is 0 Å². The molecule has 3 rings (SSSR count). The summed E-state index contributed by atoms with van der Waals surface area (Å²) in [6.07, 6.45) is 11.9. The van der Waals surface area contributed by atoms with Crippen LogP contribution < -0.4 is 0 Å². The van der Waals surface area contributed by atoms with E-state index in [-0.39, 0.29) is 0 Å². The van der Waals surface area contributed by atoms with E-state index in [1.54, 1.807) is 0 Å². The zero-order valence-electron chi connectivity index (χ0n) is 19.3. The first-order chi connectivity index (χ1) is 14.0. The van der Waals surface area contributed by atoms with E-state index in [1.165, 1.54) is 73.6 Å². The van der Waals surface area contributed by atoms with Gasteiger partial charge in [-0.05, 0) is 78.0 Å². The van der Waals surface area contributed by atoms with Crippen molar-refractivity contribution in [1.29, 1.82) is 0 Å². The molecule has 0 spiro atoms. The first-order valence-electron chi connectivity index (χ1n) is 12.2. The highest BCUT2D eigenvalue weighted by atomic mass is 14.3. The molecular weight excluding hydrogens is 348 g/mol. The molecule has 2 aromatic rings.